The van der Waals surface area contributed by atoms with Crippen molar-refractivity contribution in [2.45, 2.75) is 39.5 Å². The Labute approximate surface area is 186 Å². The Bertz CT molecular complexity index is 976. The van der Waals surface area contributed by atoms with Crippen LogP contribution >= 0.6 is 0 Å². The Morgan fingerprint density at radius 2 is 1.19 bits per heavy atom. The van der Waals surface area contributed by atoms with Gasteiger partial charge in [-0.2, -0.15) is 0 Å². The predicted octanol–water partition coefficient (Wildman–Crippen LogP) is 6.27. The Kier molecular flexibility index (Phi) is 9.06. The van der Waals surface area contributed by atoms with E-state index in [1.165, 1.54) is 0 Å². The van der Waals surface area contributed by atoms with E-state index in [0.717, 1.165) is 59.8 Å². The first-order chi connectivity index (χ1) is 15.3. The second-order valence-corrected chi connectivity index (χ2v) is 7.47. The highest BCUT2D eigenvalue weighted by atomic mass is 16.5. The summed E-state index contributed by atoms with van der Waals surface area (Å²) >= 11 is 0. The maximum absolute atomic E-state index is 5.96. The van der Waals surface area contributed by atoms with E-state index in [-0.39, 0.29) is 0 Å². The number of hydrogen-bond acceptors (Lipinski definition) is 3. The molecule has 0 amide bonds. The summed E-state index contributed by atoms with van der Waals surface area (Å²) in [5.41, 5.74) is 3.25. The van der Waals surface area contributed by atoms with Crippen LogP contribution in [0, 0.1) is 0 Å². The molecule has 0 aromatic heterocycles. The van der Waals surface area contributed by atoms with Gasteiger partial charge in [0.2, 0.25) is 0 Å². The van der Waals surface area contributed by atoms with Crippen LogP contribution in [0.15, 0.2) is 78.9 Å². The van der Waals surface area contributed by atoms with Crippen LogP contribution in [-0.2, 0) is 9.47 Å². The summed E-state index contributed by atoms with van der Waals surface area (Å²) in [6, 6.07) is 27.2. The van der Waals surface area contributed by atoms with E-state index in [1.54, 1.807) is 0 Å². The van der Waals surface area contributed by atoms with Gasteiger partial charge in [0, 0.05) is 21.8 Å². The van der Waals surface area contributed by atoms with Crippen LogP contribution in [-0.4, -0.2) is 13.2 Å². The van der Waals surface area contributed by atoms with Gasteiger partial charge in [0.1, 0.15) is 0 Å². The van der Waals surface area contributed by atoms with Crippen LogP contribution in [0.25, 0.3) is 12.5 Å². The third kappa shape index (κ3) is 6.39. The topological polar surface area (TPSA) is 21.7 Å². The number of rotatable bonds is 11. The summed E-state index contributed by atoms with van der Waals surface area (Å²) < 4.78 is 11.8. The molecule has 31 heavy (non-hydrogen) atoms. The van der Waals surface area contributed by atoms with Gasteiger partial charge >= 0.3 is 0 Å². The summed E-state index contributed by atoms with van der Waals surface area (Å²) in [5, 5.41) is 2.03. The molecular formula is C28H33NO2. The largest absolute Gasteiger partial charge is 0.501 e. The average molecular weight is 416 g/mol. The van der Waals surface area contributed by atoms with Crippen molar-refractivity contribution in [1.29, 1.82) is 0 Å². The molecule has 0 bridgehead atoms. The molecule has 0 N–H and O–H groups in total. The van der Waals surface area contributed by atoms with Gasteiger partial charge in [-0.1, -0.05) is 75.2 Å². The lowest BCUT2D eigenvalue weighted by Gasteiger charge is -2.26. The van der Waals surface area contributed by atoms with Crippen molar-refractivity contribution in [3.8, 4) is 0 Å². The number of ether oxygens (including phenoxy) is 2. The predicted molar refractivity (Wildman–Crippen MR) is 131 cm³/mol. The molecule has 0 aliphatic rings. The first kappa shape index (κ1) is 22.5. The molecule has 0 aliphatic carbocycles. The molecule has 0 saturated carbocycles. The van der Waals surface area contributed by atoms with Crippen molar-refractivity contribution < 1.29 is 9.47 Å². The van der Waals surface area contributed by atoms with Crippen LogP contribution in [0.5, 0.6) is 0 Å². The van der Waals surface area contributed by atoms with Crippen LogP contribution in [0.2, 0.25) is 0 Å². The van der Waals surface area contributed by atoms with E-state index in [2.05, 4.69) is 85.5 Å². The second-order valence-electron chi connectivity index (χ2n) is 7.47. The Morgan fingerprint density at radius 3 is 1.74 bits per heavy atom. The molecule has 0 radical (unpaired) electrons. The molecular weight excluding hydrogens is 382 g/mol. The molecule has 0 saturated heterocycles. The van der Waals surface area contributed by atoms with Gasteiger partial charge < -0.3 is 14.4 Å². The molecule has 0 unspecified atom stereocenters. The molecule has 3 rings (SSSR count). The first-order valence-corrected chi connectivity index (χ1v) is 11.3. The smallest absolute Gasteiger partial charge is 0.0929 e. The van der Waals surface area contributed by atoms with Crippen LogP contribution in [0.1, 0.15) is 39.5 Å². The SMILES string of the molecule is CCCCOC=c1cccc(N(c2ccccc2)c2ccccc2)c1=COCCCC. The van der Waals surface area contributed by atoms with Crippen molar-refractivity contribution in [3.63, 3.8) is 0 Å². The summed E-state index contributed by atoms with van der Waals surface area (Å²) in [4.78, 5) is 2.26. The normalized spacial score (nSPS) is 12.1. The minimum Gasteiger partial charge on any atom is -0.501 e. The monoisotopic (exact) mass is 415 g/mol. The number of nitrogens with zero attached hydrogens (tertiary/aromatic N) is 1. The maximum Gasteiger partial charge on any atom is 0.0929 e. The van der Waals surface area contributed by atoms with E-state index in [9.17, 15) is 0 Å². The molecule has 3 nitrogen and oxygen atoms in total. The standard InChI is InChI=1S/C28H33NO2/c1-3-5-20-30-22-24-14-13-19-28(27(24)23-31-21-6-4-2)29(25-15-9-7-10-16-25)26-17-11-8-12-18-26/h7-19,22-23H,3-6,20-21H2,1-2H3. The van der Waals surface area contributed by atoms with E-state index in [1.807, 2.05) is 24.7 Å². The number of hydrogen-bond donors (Lipinski definition) is 0. The summed E-state index contributed by atoms with van der Waals surface area (Å²) in [6.07, 6.45) is 8.05. The maximum atomic E-state index is 5.96. The molecule has 0 atom stereocenters. The number of unbranched alkanes of at least 4 members (excludes halogenated alkanes) is 2. The zero-order valence-corrected chi connectivity index (χ0v) is 18.7. The highest BCUT2D eigenvalue weighted by molar-refractivity contribution is 5.77. The van der Waals surface area contributed by atoms with Crippen molar-refractivity contribution in [2.75, 3.05) is 18.1 Å². The van der Waals surface area contributed by atoms with Gasteiger partial charge in [-0.25, -0.2) is 0 Å². The van der Waals surface area contributed by atoms with Crippen molar-refractivity contribution >= 4 is 29.6 Å². The van der Waals surface area contributed by atoms with E-state index in [0.29, 0.717) is 6.61 Å². The number of para-hydroxylation sites is 2. The average Bonchev–Trinajstić information content (AvgIpc) is 2.82. The van der Waals surface area contributed by atoms with Crippen molar-refractivity contribution in [1.82, 2.24) is 0 Å². The van der Waals surface area contributed by atoms with Crippen molar-refractivity contribution in [3.05, 3.63) is 89.3 Å². The van der Waals surface area contributed by atoms with Crippen LogP contribution in [0.3, 0.4) is 0 Å². The molecule has 0 aliphatic heterocycles. The fourth-order valence-corrected chi connectivity index (χ4v) is 3.32. The fourth-order valence-electron chi connectivity index (χ4n) is 3.32. The molecule has 0 spiro atoms. The molecule has 0 heterocycles. The van der Waals surface area contributed by atoms with Gasteiger partial charge in [-0.05, 0) is 43.2 Å². The van der Waals surface area contributed by atoms with E-state index >= 15 is 0 Å². The Morgan fingerprint density at radius 1 is 0.645 bits per heavy atom. The summed E-state index contributed by atoms with van der Waals surface area (Å²) in [6.45, 7) is 5.77. The Balaban J connectivity index is 2.14. The minimum atomic E-state index is 0.706. The van der Waals surface area contributed by atoms with E-state index in [4.69, 9.17) is 9.47 Å². The molecule has 0 fully saturated rings. The highest BCUT2D eigenvalue weighted by Crippen LogP contribution is 2.31. The van der Waals surface area contributed by atoms with Crippen molar-refractivity contribution in [2.24, 2.45) is 0 Å². The summed E-state index contributed by atoms with van der Waals surface area (Å²) in [7, 11) is 0. The number of benzene rings is 3. The molecule has 3 aromatic carbocycles. The molecule has 3 aromatic rings. The summed E-state index contributed by atoms with van der Waals surface area (Å²) in [5.74, 6) is 0. The van der Waals surface area contributed by atoms with Gasteiger partial charge in [-0.3, -0.25) is 0 Å². The quantitative estimate of drug-likeness (QED) is 0.345. The lowest BCUT2D eigenvalue weighted by molar-refractivity contribution is 0.283. The van der Waals surface area contributed by atoms with Gasteiger partial charge in [0.05, 0.1) is 31.4 Å². The van der Waals surface area contributed by atoms with Gasteiger partial charge in [-0.15, -0.1) is 0 Å². The lowest BCUT2D eigenvalue weighted by Crippen LogP contribution is -2.31. The molecule has 162 valence electrons. The van der Waals surface area contributed by atoms with E-state index < -0.39 is 0 Å². The van der Waals surface area contributed by atoms with Gasteiger partial charge in [0.15, 0.2) is 0 Å². The zero-order chi connectivity index (χ0) is 21.7. The van der Waals surface area contributed by atoms with Gasteiger partial charge in [0.25, 0.3) is 0 Å². The lowest BCUT2D eigenvalue weighted by atomic mass is 10.1. The third-order valence-corrected chi connectivity index (χ3v) is 5.03. The zero-order valence-electron chi connectivity index (χ0n) is 18.7. The second kappa shape index (κ2) is 12.5. The minimum absolute atomic E-state index is 0.706. The molecule has 3 heteroatoms. The van der Waals surface area contributed by atoms with Crippen LogP contribution in [0.4, 0.5) is 17.1 Å². The fraction of sp³-hybridized carbons (Fsp3) is 0.286. The Hall–Kier alpha value is -3.20. The van der Waals surface area contributed by atoms with Crippen LogP contribution < -0.4 is 15.3 Å². The number of anilines is 3. The first-order valence-electron chi connectivity index (χ1n) is 11.3. The third-order valence-electron chi connectivity index (χ3n) is 5.03. The highest BCUT2D eigenvalue weighted by Gasteiger charge is 2.13.